The standard InChI is InChI=1S/C18H23N3O2S/c1-3-11-23-14-7-5-13(6-8-14)17(22)20-18-19-15-9-10-21(4-2)12-16(15)24-18/h5-8H,3-4,9-12H2,1-2H3,(H,19,20,22)/p+1. The second-order valence-electron chi connectivity index (χ2n) is 6.00. The Morgan fingerprint density at radius 2 is 2.12 bits per heavy atom. The van der Waals surface area contributed by atoms with E-state index in [-0.39, 0.29) is 5.91 Å². The van der Waals surface area contributed by atoms with E-state index < -0.39 is 0 Å². The number of carbonyl (C=O) groups is 1. The zero-order valence-corrected chi connectivity index (χ0v) is 15.0. The van der Waals surface area contributed by atoms with E-state index in [1.54, 1.807) is 28.4 Å². The molecule has 0 aliphatic carbocycles. The number of aromatic nitrogens is 1. The molecule has 0 fully saturated rings. The first-order chi connectivity index (χ1) is 11.7. The van der Waals surface area contributed by atoms with Gasteiger partial charge in [0.05, 0.1) is 30.3 Å². The number of thiazole rings is 1. The summed E-state index contributed by atoms with van der Waals surface area (Å²) in [6, 6.07) is 7.24. The average Bonchev–Trinajstić information content (AvgIpc) is 3.01. The molecular formula is C18H24N3O2S+. The molecule has 1 amide bonds. The Balaban J connectivity index is 1.64. The average molecular weight is 346 g/mol. The summed E-state index contributed by atoms with van der Waals surface area (Å²) >= 11 is 1.60. The Morgan fingerprint density at radius 3 is 2.83 bits per heavy atom. The van der Waals surface area contributed by atoms with Crippen molar-refractivity contribution >= 4 is 22.4 Å². The van der Waals surface area contributed by atoms with Gasteiger partial charge in [-0.2, -0.15) is 0 Å². The van der Waals surface area contributed by atoms with Crippen molar-refractivity contribution in [1.29, 1.82) is 0 Å². The number of likely N-dealkylation sites (N-methyl/N-ethyl adjacent to an activating group) is 1. The lowest BCUT2D eigenvalue weighted by atomic mass is 10.2. The molecular weight excluding hydrogens is 322 g/mol. The molecule has 0 spiro atoms. The molecule has 2 heterocycles. The quantitative estimate of drug-likeness (QED) is 0.843. The van der Waals surface area contributed by atoms with Gasteiger partial charge in [-0.3, -0.25) is 10.1 Å². The van der Waals surface area contributed by atoms with Gasteiger partial charge in [-0.15, -0.1) is 0 Å². The number of carbonyl (C=O) groups excluding carboxylic acids is 1. The molecule has 0 radical (unpaired) electrons. The van der Waals surface area contributed by atoms with Crippen molar-refractivity contribution in [3.05, 3.63) is 40.4 Å². The van der Waals surface area contributed by atoms with E-state index in [0.29, 0.717) is 17.3 Å². The second-order valence-corrected chi connectivity index (χ2v) is 7.08. The van der Waals surface area contributed by atoms with E-state index in [2.05, 4.69) is 24.1 Å². The third kappa shape index (κ3) is 3.94. The maximum absolute atomic E-state index is 12.4. The molecule has 0 saturated heterocycles. The van der Waals surface area contributed by atoms with Gasteiger partial charge < -0.3 is 9.64 Å². The van der Waals surface area contributed by atoms with Crippen LogP contribution in [0.5, 0.6) is 5.75 Å². The summed E-state index contributed by atoms with van der Waals surface area (Å²) in [5.41, 5.74) is 1.77. The first-order valence-corrected chi connectivity index (χ1v) is 9.37. The fourth-order valence-corrected chi connectivity index (χ4v) is 3.85. The van der Waals surface area contributed by atoms with Gasteiger partial charge in [0.1, 0.15) is 12.3 Å². The highest BCUT2D eigenvalue weighted by atomic mass is 32.1. The van der Waals surface area contributed by atoms with E-state index in [4.69, 9.17) is 4.74 Å². The van der Waals surface area contributed by atoms with Crippen LogP contribution in [0, 0.1) is 0 Å². The van der Waals surface area contributed by atoms with Gasteiger partial charge in [0.15, 0.2) is 5.13 Å². The van der Waals surface area contributed by atoms with Crippen LogP contribution in [0.4, 0.5) is 5.13 Å². The number of hydrogen-bond acceptors (Lipinski definition) is 4. The van der Waals surface area contributed by atoms with Crippen LogP contribution in [0.25, 0.3) is 0 Å². The second kappa shape index (κ2) is 7.77. The SMILES string of the molecule is CCCOc1ccc(C(=O)Nc2nc3c(s2)C[NH+](CC)CC3)cc1. The van der Waals surface area contributed by atoms with Crippen LogP contribution in [0.1, 0.15) is 41.2 Å². The molecule has 5 nitrogen and oxygen atoms in total. The monoisotopic (exact) mass is 346 g/mol. The molecule has 2 N–H and O–H groups in total. The molecule has 1 aromatic heterocycles. The molecule has 2 aromatic rings. The van der Waals surface area contributed by atoms with Gasteiger partial charge in [0, 0.05) is 12.0 Å². The number of nitrogens with zero attached hydrogens (tertiary/aromatic N) is 1. The predicted molar refractivity (Wildman–Crippen MR) is 96.1 cm³/mol. The zero-order valence-electron chi connectivity index (χ0n) is 14.2. The summed E-state index contributed by atoms with van der Waals surface area (Å²) in [6.45, 7) is 8.23. The van der Waals surface area contributed by atoms with Gasteiger partial charge in [0.25, 0.3) is 5.91 Å². The van der Waals surface area contributed by atoms with Gasteiger partial charge in [-0.1, -0.05) is 18.3 Å². The maximum atomic E-state index is 12.4. The third-order valence-electron chi connectivity index (χ3n) is 4.21. The minimum absolute atomic E-state index is 0.122. The highest BCUT2D eigenvalue weighted by Crippen LogP contribution is 2.25. The van der Waals surface area contributed by atoms with E-state index in [0.717, 1.165) is 43.9 Å². The van der Waals surface area contributed by atoms with Gasteiger partial charge in [-0.05, 0) is 37.6 Å². The summed E-state index contributed by atoms with van der Waals surface area (Å²) in [5, 5.41) is 3.63. The van der Waals surface area contributed by atoms with Gasteiger partial charge in [0.2, 0.25) is 0 Å². The number of quaternary nitrogens is 1. The van der Waals surface area contributed by atoms with Crippen molar-refractivity contribution in [2.45, 2.75) is 33.2 Å². The number of ether oxygens (including phenoxy) is 1. The number of benzene rings is 1. The summed E-state index contributed by atoms with van der Waals surface area (Å²) in [7, 11) is 0. The fraction of sp³-hybridized carbons (Fsp3) is 0.444. The molecule has 1 aliphatic heterocycles. The van der Waals surface area contributed by atoms with E-state index in [9.17, 15) is 4.79 Å². The topological polar surface area (TPSA) is 55.7 Å². The largest absolute Gasteiger partial charge is 0.494 e. The van der Waals surface area contributed by atoms with Crippen molar-refractivity contribution < 1.29 is 14.4 Å². The molecule has 128 valence electrons. The number of amides is 1. The van der Waals surface area contributed by atoms with Crippen LogP contribution in [0.15, 0.2) is 24.3 Å². The smallest absolute Gasteiger partial charge is 0.257 e. The lowest BCUT2D eigenvalue weighted by molar-refractivity contribution is -0.913. The minimum atomic E-state index is -0.122. The maximum Gasteiger partial charge on any atom is 0.257 e. The molecule has 0 bridgehead atoms. The molecule has 3 rings (SSSR count). The normalized spacial score (nSPS) is 16.5. The van der Waals surface area contributed by atoms with E-state index >= 15 is 0 Å². The predicted octanol–water partition coefficient (Wildman–Crippen LogP) is 2.15. The Kier molecular flexibility index (Phi) is 5.48. The van der Waals surface area contributed by atoms with Crippen molar-refractivity contribution in [2.24, 2.45) is 0 Å². The lowest BCUT2D eigenvalue weighted by Crippen LogP contribution is -3.11. The van der Waals surface area contributed by atoms with Crippen LogP contribution in [-0.4, -0.2) is 30.6 Å². The molecule has 1 aliphatic rings. The van der Waals surface area contributed by atoms with Crippen LogP contribution >= 0.6 is 11.3 Å². The molecule has 1 unspecified atom stereocenters. The van der Waals surface area contributed by atoms with Crippen molar-refractivity contribution in [3.8, 4) is 5.75 Å². The van der Waals surface area contributed by atoms with Crippen molar-refractivity contribution in [3.63, 3.8) is 0 Å². The van der Waals surface area contributed by atoms with E-state index in [1.165, 1.54) is 4.88 Å². The molecule has 0 saturated carbocycles. The van der Waals surface area contributed by atoms with Crippen molar-refractivity contribution in [2.75, 3.05) is 25.0 Å². The lowest BCUT2D eigenvalue weighted by Gasteiger charge is -2.20. The highest BCUT2D eigenvalue weighted by Gasteiger charge is 2.23. The Hall–Kier alpha value is -1.92. The summed E-state index contributed by atoms with van der Waals surface area (Å²) in [5.74, 6) is 0.670. The number of anilines is 1. The van der Waals surface area contributed by atoms with Crippen LogP contribution in [0.2, 0.25) is 0 Å². The number of hydrogen-bond donors (Lipinski definition) is 2. The first-order valence-electron chi connectivity index (χ1n) is 8.56. The summed E-state index contributed by atoms with van der Waals surface area (Å²) in [6.07, 6.45) is 1.96. The third-order valence-corrected chi connectivity index (χ3v) is 5.23. The molecule has 1 aromatic carbocycles. The summed E-state index contributed by atoms with van der Waals surface area (Å²) in [4.78, 5) is 19.9. The number of nitrogens with one attached hydrogen (secondary N) is 2. The van der Waals surface area contributed by atoms with Gasteiger partial charge in [-0.25, -0.2) is 4.98 Å². The van der Waals surface area contributed by atoms with Crippen LogP contribution < -0.4 is 15.0 Å². The molecule has 6 heteroatoms. The first kappa shape index (κ1) is 16.9. The Bertz CT molecular complexity index is 697. The molecule has 24 heavy (non-hydrogen) atoms. The van der Waals surface area contributed by atoms with Crippen molar-refractivity contribution in [1.82, 2.24) is 4.98 Å². The molecule has 1 atom stereocenters. The van der Waals surface area contributed by atoms with E-state index in [1.807, 2.05) is 12.1 Å². The number of fused-ring (bicyclic) bond motifs is 1. The summed E-state index contributed by atoms with van der Waals surface area (Å²) < 4.78 is 5.54. The fourth-order valence-electron chi connectivity index (χ4n) is 2.77. The van der Waals surface area contributed by atoms with Crippen LogP contribution in [0.3, 0.4) is 0 Å². The zero-order chi connectivity index (χ0) is 16.9. The van der Waals surface area contributed by atoms with Gasteiger partial charge >= 0.3 is 0 Å². The number of rotatable bonds is 6. The minimum Gasteiger partial charge on any atom is -0.494 e. The van der Waals surface area contributed by atoms with Crippen LogP contribution in [-0.2, 0) is 13.0 Å². The highest BCUT2D eigenvalue weighted by molar-refractivity contribution is 7.15. The Morgan fingerprint density at radius 1 is 1.33 bits per heavy atom. The Labute approximate surface area is 146 Å².